The molecule has 0 spiro atoms. The van der Waals surface area contributed by atoms with Crippen LogP contribution in [-0.4, -0.2) is 72.6 Å². The third-order valence-electron chi connectivity index (χ3n) is 3.88. The van der Waals surface area contributed by atoms with E-state index in [2.05, 4.69) is 14.9 Å². The van der Waals surface area contributed by atoms with Crippen LogP contribution in [0.4, 0.5) is 0 Å². The predicted molar refractivity (Wildman–Crippen MR) is 87.7 cm³/mol. The number of aromatic amines is 1. The fourth-order valence-electron chi connectivity index (χ4n) is 2.60. The van der Waals surface area contributed by atoms with Gasteiger partial charge in [-0.2, -0.15) is 4.98 Å². The van der Waals surface area contributed by atoms with Gasteiger partial charge in [-0.25, -0.2) is 0 Å². The molecule has 1 aromatic heterocycles. The molecular formula is C16H21N3O5. The second-order valence-corrected chi connectivity index (χ2v) is 5.63. The highest BCUT2D eigenvalue weighted by atomic mass is 16.5. The van der Waals surface area contributed by atoms with Crippen molar-refractivity contribution in [1.29, 1.82) is 0 Å². The van der Waals surface area contributed by atoms with Crippen LogP contribution < -0.4 is 15.0 Å². The first-order valence-corrected chi connectivity index (χ1v) is 7.85. The molecule has 8 nitrogen and oxygen atoms in total. The highest BCUT2D eigenvalue weighted by molar-refractivity contribution is 5.79. The van der Waals surface area contributed by atoms with Crippen molar-refractivity contribution in [3.63, 3.8) is 0 Å². The van der Waals surface area contributed by atoms with Crippen molar-refractivity contribution in [3.05, 3.63) is 28.6 Å². The molecule has 1 unspecified atom stereocenters. The number of nitrogens with one attached hydrogen (secondary N) is 1. The van der Waals surface area contributed by atoms with Crippen molar-refractivity contribution in [2.75, 3.05) is 46.6 Å². The van der Waals surface area contributed by atoms with Crippen LogP contribution >= 0.6 is 0 Å². The van der Waals surface area contributed by atoms with Crippen molar-refractivity contribution in [2.24, 2.45) is 0 Å². The molecule has 0 aliphatic carbocycles. The summed E-state index contributed by atoms with van der Waals surface area (Å²) in [6.07, 6.45) is -0.667. The Labute approximate surface area is 139 Å². The van der Waals surface area contributed by atoms with E-state index in [0.29, 0.717) is 36.4 Å². The minimum atomic E-state index is -0.667. The zero-order valence-corrected chi connectivity index (χ0v) is 13.5. The molecule has 1 saturated heterocycles. The van der Waals surface area contributed by atoms with Gasteiger partial charge >= 0.3 is 0 Å². The summed E-state index contributed by atoms with van der Waals surface area (Å²) in [4.78, 5) is 21.0. The summed E-state index contributed by atoms with van der Waals surface area (Å²) in [5.41, 5.74) is 0.203. The molecule has 2 aromatic rings. The molecule has 130 valence electrons. The van der Waals surface area contributed by atoms with Crippen LogP contribution in [0.5, 0.6) is 11.8 Å². The average molecular weight is 335 g/mol. The summed E-state index contributed by atoms with van der Waals surface area (Å²) in [6.45, 7) is 3.50. The summed E-state index contributed by atoms with van der Waals surface area (Å²) in [5, 5.41) is 10.5. The Morgan fingerprint density at radius 1 is 1.42 bits per heavy atom. The van der Waals surface area contributed by atoms with E-state index in [1.54, 1.807) is 18.2 Å². The number of morpholine rings is 1. The van der Waals surface area contributed by atoms with Crippen molar-refractivity contribution in [3.8, 4) is 11.8 Å². The Hall–Kier alpha value is -2.16. The van der Waals surface area contributed by atoms with Gasteiger partial charge in [-0.15, -0.1) is 0 Å². The minimum Gasteiger partial charge on any atom is -0.497 e. The maximum absolute atomic E-state index is 12.1. The lowest BCUT2D eigenvalue weighted by Crippen LogP contribution is -2.42. The summed E-state index contributed by atoms with van der Waals surface area (Å²) in [5.74, 6) is 0.587. The first-order chi connectivity index (χ1) is 11.7. The van der Waals surface area contributed by atoms with Gasteiger partial charge in [0.25, 0.3) is 11.6 Å². The predicted octanol–water partition coefficient (Wildman–Crippen LogP) is 0.00360. The van der Waals surface area contributed by atoms with E-state index in [1.807, 2.05) is 0 Å². The zero-order chi connectivity index (χ0) is 16.9. The Morgan fingerprint density at radius 2 is 2.21 bits per heavy atom. The number of fused-ring (bicyclic) bond motifs is 1. The van der Waals surface area contributed by atoms with Crippen molar-refractivity contribution in [2.45, 2.75) is 6.10 Å². The molecule has 8 heteroatoms. The quantitative estimate of drug-likeness (QED) is 0.767. The van der Waals surface area contributed by atoms with E-state index in [0.717, 1.165) is 13.1 Å². The number of β-amino-alcohol motifs (C(OH)–C–C–N with tert-alkyl or cyclic N) is 1. The molecule has 0 bridgehead atoms. The van der Waals surface area contributed by atoms with Crippen molar-refractivity contribution >= 4 is 10.9 Å². The smallest absolute Gasteiger partial charge is 0.297 e. The number of aliphatic hydroxyl groups excluding tert-OH is 1. The first-order valence-electron chi connectivity index (χ1n) is 7.85. The first kappa shape index (κ1) is 16.7. The van der Waals surface area contributed by atoms with Gasteiger partial charge in [0.1, 0.15) is 18.5 Å². The van der Waals surface area contributed by atoms with Crippen LogP contribution in [0, 0.1) is 0 Å². The fraction of sp³-hybridized carbons (Fsp3) is 0.500. The van der Waals surface area contributed by atoms with Crippen LogP contribution in [0.25, 0.3) is 10.9 Å². The molecule has 1 fully saturated rings. The van der Waals surface area contributed by atoms with E-state index in [4.69, 9.17) is 14.2 Å². The van der Waals surface area contributed by atoms with Gasteiger partial charge in [0, 0.05) is 19.6 Å². The minimum absolute atomic E-state index is 0.0575. The second kappa shape index (κ2) is 7.61. The lowest BCUT2D eigenvalue weighted by atomic mass is 10.2. The molecule has 1 aliphatic heterocycles. The second-order valence-electron chi connectivity index (χ2n) is 5.63. The SMILES string of the molecule is COc1ccc2nc(OCC(O)CN3CCOCC3)[nH]c(=O)c2c1. The molecule has 1 atom stereocenters. The molecule has 2 N–H and O–H groups in total. The lowest BCUT2D eigenvalue weighted by molar-refractivity contribution is 0.00377. The Morgan fingerprint density at radius 3 is 2.96 bits per heavy atom. The van der Waals surface area contributed by atoms with Gasteiger partial charge < -0.3 is 19.3 Å². The number of methoxy groups -OCH3 is 1. The van der Waals surface area contributed by atoms with Crippen LogP contribution in [0.15, 0.2) is 23.0 Å². The van der Waals surface area contributed by atoms with Crippen LogP contribution in [0.3, 0.4) is 0 Å². The topological polar surface area (TPSA) is 96.9 Å². The highest BCUT2D eigenvalue weighted by Crippen LogP contribution is 2.17. The zero-order valence-electron chi connectivity index (χ0n) is 13.5. The molecule has 24 heavy (non-hydrogen) atoms. The van der Waals surface area contributed by atoms with Crippen molar-refractivity contribution in [1.82, 2.24) is 14.9 Å². The van der Waals surface area contributed by atoms with Gasteiger partial charge in [0.05, 0.1) is 31.2 Å². The van der Waals surface area contributed by atoms with Gasteiger partial charge in [0.2, 0.25) is 0 Å². The largest absolute Gasteiger partial charge is 0.497 e. The maximum Gasteiger partial charge on any atom is 0.297 e. The van der Waals surface area contributed by atoms with Crippen molar-refractivity contribution < 1.29 is 19.3 Å². The summed E-state index contributed by atoms with van der Waals surface area (Å²) >= 11 is 0. The van der Waals surface area contributed by atoms with Crippen LogP contribution in [-0.2, 0) is 4.74 Å². The normalized spacial score (nSPS) is 16.9. The third-order valence-corrected chi connectivity index (χ3v) is 3.88. The Balaban J connectivity index is 1.63. The molecule has 2 heterocycles. The molecule has 1 aliphatic rings. The number of benzene rings is 1. The van der Waals surface area contributed by atoms with E-state index in [1.165, 1.54) is 7.11 Å². The molecule has 1 aromatic carbocycles. The standard InChI is InChI=1S/C16H21N3O5/c1-22-12-2-3-14-13(8-12)15(21)18-16(17-14)24-10-11(20)9-19-4-6-23-7-5-19/h2-3,8,11,20H,4-7,9-10H2,1H3,(H,17,18,21). The molecule has 0 amide bonds. The van der Waals surface area contributed by atoms with E-state index < -0.39 is 6.10 Å². The number of aromatic nitrogens is 2. The van der Waals surface area contributed by atoms with E-state index >= 15 is 0 Å². The summed E-state index contributed by atoms with van der Waals surface area (Å²) < 4.78 is 15.8. The monoisotopic (exact) mass is 335 g/mol. The number of ether oxygens (including phenoxy) is 3. The van der Waals surface area contributed by atoms with Crippen LogP contribution in [0.1, 0.15) is 0 Å². The Bertz CT molecular complexity index is 742. The lowest BCUT2D eigenvalue weighted by Gasteiger charge is -2.28. The van der Waals surface area contributed by atoms with Gasteiger partial charge in [-0.1, -0.05) is 0 Å². The third kappa shape index (κ3) is 4.02. The molecule has 0 saturated carbocycles. The average Bonchev–Trinajstić information content (AvgIpc) is 2.60. The van der Waals surface area contributed by atoms with E-state index in [9.17, 15) is 9.90 Å². The molecule has 3 rings (SSSR count). The Kier molecular flexibility index (Phi) is 5.29. The number of aliphatic hydroxyl groups is 1. The number of rotatable bonds is 6. The van der Waals surface area contributed by atoms with Gasteiger partial charge in [-0.05, 0) is 18.2 Å². The maximum atomic E-state index is 12.1. The van der Waals surface area contributed by atoms with Gasteiger partial charge in [-0.3, -0.25) is 14.7 Å². The molecule has 0 radical (unpaired) electrons. The van der Waals surface area contributed by atoms with Crippen LogP contribution in [0.2, 0.25) is 0 Å². The number of nitrogens with zero attached hydrogens (tertiary/aromatic N) is 2. The number of hydrogen-bond donors (Lipinski definition) is 2. The fourth-order valence-corrected chi connectivity index (χ4v) is 2.60. The molecular weight excluding hydrogens is 314 g/mol. The van der Waals surface area contributed by atoms with Gasteiger partial charge in [0.15, 0.2) is 0 Å². The highest BCUT2D eigenvalue weighted by Gasteiger charge is 2.16. The number of H-pyrrole nitrogens is 1. The van der Waals surface area contributed by atoms with E-state index in [-0.39, 0.29) is 18.2 Å². The number of hydrogen-bond acceptors (Lipinski definition) is 7. The summed E-state index contributed by atoms with van der Waals surface area (Å²) in [7, 11) is 1.54. The summed E-state index contributed by atoms with van der Waals surface area (Å²) in [6, 6.07) is 5.14.